The van der Waals surface area contributed by atoms with Crippen molar-refractivity contribution >= 4 is 34.4 Å². The standard InChI is InChI=1S/C19H15ClN4O3/c20-13-6-2-1-5-12(13)11-23-15-7-3-4-8-16(15)24-18(27)14(9-10-17(25)26)21-22-19(23)24/h1-8H,9-11H2,(H,25,26). The molecule has 136 valence electrons. The Hall–Kier alpha value is -3.19. The summed E-state index contributed by atoms with van der Waals surface area (Å²) in [5.41, 5.74) is 2.19. The van der Waals surface area contributed by atoms with Crippen molar-refractivity contribution in [3.05, 3.63) is 75.2 Å². The number of carboxylic acid groups (broad SMARTS) is 1. The number of carbonyl (C=O) groups is 1. The lowest BCUT2D eigenvalue weighted by Gasteiger charge is -2.07. The Kier molecular flexibility index (Phi) is 4.37. The van der Waals surface area contributed by atoms with Gasteiger partial charge >= 0.3 is 5.97 Å². The quantitative estimate of drug-likeness (QED) is 0.573. The first-order valence-electron chi connectivity index (χ1n) is 8.37. The van der Waals surface area contributed by atoms with Gasteiger partial charge in [0.25, 0.3) is 5.56 Å². The normalized spacial score (nSPS) is 11.3. The molecule has 0 aliphatic rings. The molecule has 0 saturated heterocycles. The summed E-state index contributed by atoms with van der Waals surface area (Å²) in [6.07, 6.45) is -0.137. The minimum absolute atomic E-state index is 0.0358. The van der Waals surface area contributed by atoms with E-state index in [0.717, 1.165) is 11.1 Å². The summed E-state index contributed by atoms with van der Waals surface area (Å²) in [6.45, 7) is 0.430. The number of halogens is 1. The zero-order chi connectivity index (χ0) is 19.0. The van der Waals surface area contributed by atoms with E-state index in [2.05, 4.69) is 10.2 Å². The summed E-state index contributed by atoms with van der Waals surface area (Å²) < 4.78 is 3.36. The van der Waals surface area contributed by atoms with Crippen molar-refractivity contribution < 1.29 is 9.90 Å². The zero-order valence-electron chi connectivity index (χ0n) is 14.2. The third kappa shape index (κ3) is 3.06. The van der Waals surface area contributed by atoms with Crippen LogP contribution < -0.4 is 5.56 Å². The molecule has 0 saturated carbocycles. The number of hydrogen-bond acceptors (Lipinski definition) is 4. The number of aromatic nitrogens is 4. The Bertz CT molecular complexity index is 1230. The molecule has 0 amide bonds. The van der Waals surface area contributed by atoms with Crippen LogP contribution in [0.5, 0.6) is 0 Å². The Morgan fingerprint density at radius 3 is 2.48 bits per heavy atom. The number of imidazole rings is 1. The monoisotopic (exact) mass is 382 g/mol. The highest BCUT2D eigenvalue weighted by atomic mass is 35.5. The molecule has 8 heteroatoms. The second kappa shape index (κ2) is 6.85. The van der Waals surface area contributed by atoms with Crippen molar-refractivity contribution in [3.63, 3.8) is 0 Å². The maximum Gasteiger partial charge on any atom is 0.303 e. The lowest BCUT2D eigenvalue weighted by Crippen LogP contribution is -2.22. The highest BCUT2D eigenvalue weighted by Gasteiger charge is 2.17. The van der Waals surface area contributed by atoms with Crippen LogP contribution >= 0.6 is 11.6 Å². The molecule has 2 aromatic heterocycles. The highest BCUT2D eigenvalue weighted by molar-refractivity contribution is 6.31. The van der Waals surface area contributed by atoms with E-state index in [1.54, 1.807) is 0 Å². The molecule has 4 aromatic rings. The van der Waals surface area contributed by atoms with Gasteiger partial charge in [0.1, 0.15) is 5.69 Å². The molecule has 0 bridgehead atoms. The Morgan fingerprint density at radius 1 is 1.04 bits per heavy atom. The SMILES string of the molecule is O=C(O)CCc1nnc2n(Cc3ccccc3Cl)c3ccccc3n2c1=O. The number of aryl methyl sites for hydroxylation is 1. The van der Waals surface area contributed by atoms with Crippen LogP contribution in [0.3, 0.4) is 0 Å². The fraction of sp³-hybridized carbons (Fsp3) is 0.158. The van der Waals surface area contributed by atoms with Crippen LogP contribution in [0.2, 0.25) is 5.02 Å². The minimum atomic E-state index is -0.984. The van der Waals surface area contributed by atoms with Crippen LogP contribution in [0.4, 0.5) is 0 Å². The van der Waals surface area contributed by atoms with E-state index in [4.69, 9.17) is 16.7 Å². The zero-order valence-corrected chi connectivity index (χ0v) is 14.9. The number of benzene rings is 2. The number of hydrogen-bond donors (Lipinski definition) is 1. The maximum atomic E-state index is 12.9. The molecule has 1 N–H and O–H groups in total. The fourth-order valence-corrected chi connectivity index (χ4v) is 3.32. The molecule has 0 radical (unpaired) electrons. The third-order valence-electron chi connectivity index (χ3n) is 4.43. The summed E-state index contributed by atoms with van der Waals surface area (Å²) in [5.74, 6) is -0.595. The van der Waals surface area contributed by atoms with Crippen LogP contribution in [0, 0.1) is 0 Å². The van der Waals surface area contributed by atoms with Crippen molar-refractivity contribution in [1.82, 2.24) is 19.2 Å². The summed E-state index contributed by atoms with van der Waals surface area (Å²) >= 11 is 6.30. The van der Waals surface area contributed by atoms with E-state index in [-0.39, 0.29) is 24.1 Å². The molecule has 0 unspecified atom stereocenters. The van der Waals surface area contributed by atoms with Crippen molar-refractivity contribution in [2.75, 3.05) is 0 Å². The summed E-state index contributed by atoms with van der Waals surface area (Å²) in [7, 11) is 0. The smallest absolute Gasteiger partial charge is 0.303 e. The van der Waals surface area contributed by atoms with Crippen LogP contribution in [-0.2, 0) is 17.8 Å². The van der Waals surface area contributed by atoms with Gasteiger partial charge in [-0.2, -0.15) is 0 Å². The largest absolute Gasteiger partial charge is 0.481 e. The molecule has 7 nitrogen and oxygen atoms in total. The third-order valence-corrected chi connectivity index (χ3v) is 4.80. The predicted molar refractivity (Wildman–Crippen MR) is 101 cm³/mol. The Morgan fingerprint density at radius 2 is 1.74 bits per heavy atom. The Balaban J connectivity index is 1.93. The molecule has 27 heavy (non-hydrogen) atoms. The molecule has 0 aliphatic carbocycles. The fourth-order valence-electron chi connectivity index (χ4n) is 3.13. The molecule has 4 rings (SSSR count). The van der Waals surface area contributed by atoms with Gasteiger partial charge in [-0.05, 0) is 23.8 Å². The molecule has 0 atom stereocenters. The average molecular weight is 383 g/mol. The number of fused-ring (bicyclic) bond motifs is 3. The Labute approximate surface area is 158 Å². The molecule has 0 aliphatic heterocycles. The van der Waals surface area contributed by atoms with Gasteiger partial charge in [0.15, 0.2) is 0 Å². The molecule has 0 spiro atoms. The van der Waals surface area contributed by atoms with Gasteiger partial charge in [0.05, 0.1) is 24.0 Å². The maximum absolute atomic E-state index is 12.9. The van der Waals surface area contributed by atoms with E-state index in [0.29, 0.717) is 22.9 Å². The molecule has 2 heterocycles. The molecular weight excluding hydrogens is 368 g/mol. The first-order valence-corrected chi connectivity index (χ1v) is 8.75. The van der Waals surface area contributed by atoms with Crippen molar-refractivity contribution in [3.8, 4) is 0 Å². The van der Waals surface area contributed by atoms with E-state index < -0.39 is 5.97 Å². The van der Waals surface area contributed by atoms with Crippen LogP contribution in [-0.4, -0.2) is 30.2 Å². The van der Waals surface area contributed by atoms with Crippen LogP contribution in [0.15, 0.2) is 53.3 Å². The van der Waals surface area contributed by atoms with Crippen molar-refractivity contribution in [1.29, 1.82) is 0 Å². The van der Waals surface area contributed by atoms with Crippen LogP contribution in [0.1, 0.15) is 17.7 Å². The number of carboxylic acids is 1. The van der Waals surface area contributed by atoms with E-state index in [9.17, 15) is 9.59 Å². The van der Waals surface area contributed by atoms with Crippen LogP contribution in [0.25, 0.3) is 16.8 Å². The topological polar surface area (TPSA) is 89.5 Å². The minimum Gasteiger partial charge on any atom is -0.481 e. The van der Waals surface area contributed by atoms with Crippen molar-refractivity contribution in [2.24, 2.45) is 0 Å². The number of rotatable bonds is 5. The first kappa shape index (κ1) is 17.2. The lowest BCUT2D eigenvalue weighted by atomic mass is 10.2. The second-order valence-electron chi connectivity index (χ2n) is 6.15. The van der Waals surface area contributed by atoms with Gasteiger partial charge in [-0.25, -0.2) is 4.40 Å². The predicted octanol–water partition coefficient (Wildman–Crippen LogP) is 2.76. The summed E-state index contributed by atoms with van der Waals surface area (Å²) in [5, 5.41) is 17.7. The highest BCUT2D eigenvalue weighted by Crippen LogP contribution is 2.22. The number of para-hydroxylation sites is 2. The van der Waals surface area contributed by atoms with E-state index in [1.807, 2.05) is 53.1 Å². The van der Waals surface area contributed by atoms with Gasteiger partial charge in [-0.1, -0.05) is 41.9 Å². The van der Waals surface area contributed by atoms with E-state index >= 15 is 0 Å². The second-order valence-corrected chi connectivity index (χ2v) is 6.55. The number of nitrogens with zero attached hydrogens (tertiary/aromatic N) is 4. The van der Waals surface area contributed by atoms with Crippen molar-refractivity contribution in [2.45, 2.75) is 19.4 Å². The summed E-state index contributed by atoms with van der Waals surface area (Å²) in [6, 6.07) is 14.9. The molecule has 0 fully saturated rings. The molecular formula is C19H15ClN4O3. The average Bonchev–Trinajstić information content (AvgIpc) is 2.97. The van der Waals surface area contributed by atoms with Gasteiger partial charge in [-0.3, -0.25) is 9.59 Å². The van der Waals surface area contributed by atoms with Gasteiger partial charge in [0.2, 0.25) is 5.78 Å². The van der Waals surface area contributed by atoms with E-state index in [1.165, 1.54) is 4.40 Å². The van der Waals surface area contributed by atoms with Gasteiger partial charge in [-0.15, -0.1) is 10.2 Å². The van der Waals surface area contributed by atoms with Gasteiger partial charge < -0.3 is 9.67 Å². The van der Waals surface area contributed by atoms with Gasteiger partial charge in [0, 0.05) is 11.4 Å². The molecule has 2 aromatic carbocycles. The first-order chi connectivity index (χ1) is 13.1. The summed E-state index contributed by atoms with van der Waals surface area (Å²) in [4.78, 5) is 23.7. The number of aliphatic carboxylic acids is 1. The lowest BCUT2D eigenvalue weighted by molar-refractivity contribution is -0.136.